The first-order chi connectivity index (χ1) is 16.6. The van der Waals surface area contributed by atoms with Crippen molar-refractivity contribution < 1.29 is 9.59 Å². The maximum atomic E-state index is 12.9. The molecule has 3 aromatic heterocycles. The predicted molar refractivity (Wildman–Crippen MR) is 126 cm³/mol. The van der Waals surface area contributed by atoms with Gasteiger partial charge in [0.15, 0.2) is 0 Å². The molecule has 2 aliphatic heterocycles. The van der Waals surface area contributed by atoms with Crippen LogP contribution in [-0.4, -0.2) is 62.7 Å². The molecule has 1 saturated carbocycles. The van der Waals surface area contributed by atoms with Crippen LogP contribution in [0, 0.1) is 23.2 Å². The Kier molecular flexibility index (Phi) is 4.91. The first kappa shape index (κ1) is 20.6. The maximum Gasteiger partial charge on any atom is 0.272 e. The van der Waals surface area contributed by atoms with Crippen molar-refractivity contribution in [2.45, 2.75) is 19.3 Å². The fraction of sp³-hybridized carbons (Fsp3) is 0.346. The third-order valence-electron chi connectivity index (χ3n) is 6.90. The second-order valence-electron chi connectivity index (χ2n) is 9.34. The van der Waals surface area contributed by atoms with Gasteiger partial charge in [0, 0.05) is 54.9 Å². The van der Waals surface area contributed by atoms with E-state index in [1.807, 2.05) is 23.1 Å². The van der Waals surface area contributed by atoms with E-state index in [0.717, 1.165) is 40.7 Å². The van der Waals surface area contributed by atoms with Crippen molar-refractivity contribution in [3.8, 4) is 17.3 Å². The van der Waals surface area contributed by atoms with Crippen LogP contribution in [0.25, 0.3) is 27.9 Å². The minimum Gasteiger partial charge on any atom is -0.339 e. The number of nitrogens with one attached hydrogen (secondary N) is 1. The number of nitriles is 1. The summed E-state index contributed by atoms with van der Waals surface area (Å²) in [4.78, 5) is 41.4. The van der Waals surface area contributed by atoms with E-state index in [1.165, 1.54) is 0 Å². The van der Waals surface area contributed by atoms with Gasteiger partial charge < -0.3 is 14.8 Å². The van der Waals surface area contributed by atoms with Gasteiger partial charge in [-0.3, -0.25) is 9.59 Å². The average molecular weight is 453 g/mol. The molecule has 1 aliphatic carbocycles. The smallest absolute Gasteiger partial charge is 0.272 e. The van der Waals surface area contributed by atoms with Crippen LogP contribution in [0.15, 0.2) is 42.6 Å². The van der Waals surface area contributed by atoms with E-state index in [-0.39, 0.29) is 23.7 Å². The third kappa shape index (κ3) is 3.73. The monoisotopic (exact) mass is 452 g/mol. The molecule has 5 heterocycles. The highest BCUT2D eigenvalue weighted by Crippen LogP contribution is 2.33. The number of H-pyrrole nitrogens is 1. The van der Waals surface area contributed by atoms with Crippen molar-refractivity contribution in [2.24, 2.45) is 11.8 Å². The molecular weight excluding hydrogens is 428 g/mol. The van der Waals surface area contributed by atoms with Crippen LogP contribution in [-0.2, 0) is 4.79 Å². The van der Waals surface area contributed by atoms with Gasteiger partial charge in [-0.05, 0) is 49.1 Å². The van der Waals surface area contributed by atoms with Gasteiger partial charge in [-0.25, -0.2) is 9.97 Å². The number of pyridine rings is 2. The van der Waals surface area contributed by atoms with Crippen molar-refractivity contribution in [1.29, 1.82) is 5.26 Å². The van der Waals surface area contributed by atoms with Crippen LogP contribution in [0.1, 0.15) is 35.4 Å². The topological polar surface area (TPSA) is 106 Å². The van der Waals surface area contributed by atoms with Gasteiger partial charge in [-0.2, -0.15) is 5.26 Å². The second kappa shape index (κ2) is 8.10. The molecule has 2 fully saturated rings. The molecule has 1 atom stereocenters. The Morgan fingerprint density at radius 1 is 1.15 bits per heavy atom. The average Bonchev–Trinajstić information content (AvgIpc) is 3.26. The normalized spacial score (nSPS) is 20.0. The largest absolute Gasteiger partial charge is 0.339 e. The van der Waals surface area contributed by atoms with Crippen LogP contribution in [0.2, 0.25) is 0 Å². The Morgan fingerprint density at radius 2 is 2.03 bits per heavy atom. The first-order valence-corrected chi connectivity index (χ1v) is 11.7. The number of likely N-dealkylation sites (tertiary alicyclic amines) is 1. The number of hydrogen-bond acceptors (Lipinski definition) is 5. The number of rotatable bonds is 4. The number of aromatic amines is 1. The molecule has 3 aliphatic rings. The van der Waals surface area contributed by atoms with Crippen LogP contribution >= 0.6 is 0 Å². The van der Waals surface area contributed by atoms with Gasteiger partial charge >= 0.3 is 0 Å². The Bertz CT molecular complexity index is 1380. The minimum atomic E-state index is -0.143. The fourth-order valence-electron chi connectivity index (χ4n) is 4.76. The molecular formula is C26H24N6O2. The lowest BCUT2D eigenvalue weighted by atomic mass is 10.1. The summed E-state index contributed by atoms with van der Waals surface area (Å²) in [5, 5.41) is 10.1. The van der Waals surface area contributed by atoms with Gasteiger partial charge in [0.2, 0.25) is 5.91 Å². The van der Waals surface area contributed by atoms with Gasteiger partial charge in [0.1, 0.15) is 11.3 Å². The molecule has 3 aromatic rings. The van der Waals surface area contributed by atoms with Gasteiger partial charge in [0.25, 0.3) is 5.91 Å². The molecule has 8 nitrogen and oxygen atoms in total. The van der Waals surface area contributed by atoms with Crippen molar-refractivity contribution in [3.63, 3.8) is 0 Å². The molecule has 0 bridgehead atoms. The van der Waals surface area contributed by atoms with E-state index in [4.69, 9.17) is 5.26 Å². The number of carbonyl (C=O) groups is 2. The summed E-state index contributed by atoms with van der Waals surface area (Å²) in [6.45, 7) is 2.34. The third-order valence-corrected chi connectivity index (χ3v) is 6.90. The highest BCUT2D eigenvalue weighted by Gasteiger charge is 2.35. The summed E-state index contributed by atoms with van der Waals surface area (Å²) in [6.07, 6.45) is 6.61. The number of hydrogen-bond donors (Lipinski definition) is 1. The predicted octanol–water partition coefficient (Wildman–Crippen LogP) is 3.25. The van der Waals surface area contributed by atoms with Crippen molar-refractivity contribution in [3.05, 3.63) is 54.0 Å². The van der Waals surface area contributed by atoms with Crippen molar-refractivity contribution in [1.82, 2.24) is 24.8 Å². The van der Waals surface area contributed by atoms with E-state index in [1.54, 1.807) is 17.2 Å². The lowest BCUT2D eigenvalue weighted by Gasteiger charge is -2.15. The van der Waals surface area contributed by atoms with Gasteiger partial charge in [0.05, 0.1) is 17.7 Å². The van der Waals surface area contributed by atoms with Crippen LogP contribution < -0.4 is 0 Å². The summed E-state index contributed by atoms with van der Waals surface area (Å²) in [5.41, 5.74) is 4.75. The Morgan fingerprint density at radius 3 is 2.82 bits per heavy atom. The summed E-state index contributed by atoms with van der Waals surface area (Å²) in [6, 6.07) is 11.7. The minimum absolute atomic E-state index is 0.101. The van der Waals surface area contributed by atoms with Crippen LogP contribution in [0.4, 0.5) is 0 Å². The second-order valence-corrected chi connectivity index (χ2v) is 9.34. The summed E-state index contributed by atoms with van der Waals surface area (Å²) >= 11 is 0. The molecule has 0 aromatic carbocycles. The molecule has 0 radical (unpaired) electrons. The van der Waals surface area contributed by atoms with E-state index >= 15 is 0 Å². The zero-order valence-electron chi connectivity index (χ0n) is 18.7. The highest BCUT2D eigenvalue weighted by molar-refractivity contribution is 5.93. The highest BCUT2D eigenvalue weighted by atomic mass is 16.2. The summed E-state index contributed by atoms with van der Waals surface area (Å²) < 4.78 is 0. The quantitative estimate of drug-likeness (QED) is 0.654. The van der Waals surface area contributed by atoms with Crippen molar-refractivity contribution >= 4 is 28.4 Å². The summed E-state index contributed by atoms with van der Waals surface area (Å²) in [5.74, 6) is 0.250. The Hall–Kier alpha value is -3.99. The van der Waals surface area contributed by atoms with Gasteiger partial charge in [-0.1, -0.05) is 12.1 Å². The SMILES string of the molecule is N#CC1CCN(C(=O)c2cccc(-c3cnc4[nH]c(C5=CCN(C(=O)C6CC6)C5)cc4c3)n2)C1. The lowest BCUT2D eigenvalue weighted by molar-refractivity contribution is -0.131. The number of carbonyl (C=O) groups excluding carboxylic acids is 2. The summed E-state index contributed by atoms with van der Waals surface area (Å²) in [7, 11) is 0. The van der Waals surface area contributed by atoms with Gasteiger partial charge in [-0.15, -0.1) is 0 Å². The fourth-order valence-corrected chi connectivity index (χ4v) is 4.76. The number of aromatic nitrogens is 3. The Labute approximate surface area is 196 Å². The molecule has 8 heteroatoms. The molecule has 1 saturated heterocycles. The zero-order chi connectivity index (χ0) is 23.2. The Balaban J connectivity index is 1.22. The van der Waals surface area contributed by atoms with E-state index in [0.29, 0.717) is 44.0 Å². The number of amides is 2. The van der Waals surface area contributed by atoms with E-state index in [2.05, 4.69) is 33.2 Å². The molecule has 1 unspecified atom stereocenters. The molecule has 6 rings (SSSR count). The molecule has 34 heavy (non-hydrogen) atoms. The van der Waals surface area contributed by atoms with E-state index in [9.17, 15) is 9.59 Å². The van der Waals surface area contributed by atoms with Crippen LogP contribution in [0.5, 0.6) is 0 Å². The maximum absolute atomic E-state index is 12.9. The zero-order valence-corrected chi connectivity index (χ0v) is 18.7. The molecule has 1 N–H and O–H groups in total. The van der Waals surface area contributed by atoms with E-state index < -0.39 is 0 Å². The molecule has 0 spiro atoms. The number of fused-ring (bicyclic) bond motifs is 1. The van der Waals surface area contributed by atoms with Crippen molar-refractivity contribution in [2.75, 3.05) is 26.2 Å². The number of nitrogens with zero attached hydrogens (tertiary/aromatic N) is 5. The first-order valence-electron chi connectivity index (χ1n) is 11.7. The standard InChI is InChI=1S/C26H24N6O2/c27-12-16-6-8-31(14-16)26(34)22-3-1-2-21(29-22)20-10-19-11-23(30-24(19)28-13-20)18-7-9-32(15-18)25(33)17-4-5-17/h1-3,7,10-11,13,16-17H,4-6,8-9,14-15H2,(H,28,30). The molecule has 170 valence electrons. The van der Waals surface area contributed by atoms with Crippen LogP contribution in [0.3, 0.4) is 0 Å². The molecule has 2 amide bonds. The lowest BCUT2D eigenvalue weighted by Crippen LogP contribution is -2.30.